The highest BCUT2D eigenvalue weighted by molar-refractivity contribution is 7.16. The van der Waals surface area contributed by atoms with Gasteiger partial charge < -0.3 is 10.8 Å². The lowest BCUT2D eigenvalue weighted by Crippen LogP contribution is -2.20. The maximum atomic E-state index is 10.6. The number of nitrogens with two attached hydrogens (primary N) is 1. The van der Waals surface area contributed by atoms with E-state index in [1.807, 2.05) is 13.1 Å². The molecule has 0 saturated carbocycles. The van der Waals surface area contributed by atoms with E-state index in [1.54, 1.807) is 10.6 Å². The number of hydrogen-bond donors (Lipinski definition) is 2. The van der Waals surface area contributed by atoms with E-state index in [2.05, 4.69) is 4.98 Å². The predicted octanol–water partition coefficient (Wildman–Crippen LogP) is 0.789. The minimum absolute atomic E-state index is 0.392. The summed E-state index contributed by atoms with van der Waals surface area (Å²) in [5, 5.41) is 8.68. The Bertz CT molecular complexity index is 456. The summed E-state index contributed by atoms with van der Waals surface area (Å²) in [6.45, 7) is 1.97. The number of aliphatic carboxylic acids is 1. The summed E-state index contributed by atoms with van der Waals surface area (Å²) in [5.74, 6) is -1.06. The summed E-state index contributed by atoms with van der Waals surface area (Å²) >= 11 is 1.51. The van der Waals surface area contributed by atoms with Gasteiger partial charge in [0.25, 0.3) is 0 Å². The number of imidazole rings is 1. The zero-order chi connectivity index (χ0) is 10.3. The molecule has 14 heavy (non-hydrogen) atoms. The summed E-state index contributed by atoms with van der Waals surface area (Å²) in [6, 6.07) is -1.04. The molecule has 5 nitrogen and oxygen atoms in total. The number of carboxylic acid groups (broad SMARTS) is 1. The van der Waals surface area contributed by atoms with Crippen LogP contribution in [0.25, 0.3) is 4.96 Å². The first-order valence-electron chi connectivity index (χ1n) is 4.01. The Labute approximate surface area is 83.8 Å². The van der Waals surface area contributed by atoms with E-state index in [9.17, 15) is 4.79 Å². The molecule has 3 N–H and O–H groups in total. The Kier molecular flexibility index (Phi) is 2.01. The highest BCUT2D eigenvalue weighted by Crippen LogP contribution is 2.19. The van der Waals surface area contributed by atoms with Crippen LogP contribution < -0.4 is 5.73 Å². The molecule has 0 amide bonds. The van der Waals surface area contributed by atoms with Crippen molar-refractivity contribution < 1.29 is 9.90 Å². The predicted molar refractivity (Wildman–Crippen MR) is 52.4 cm³/mol. The summed E-state index contributed by atoms with van der Waals surface area (Å²) in [4.78, 5) is 16.6. The number of hydrogen-bond acceptors (Lipinski definition) is 4. The van der Waals surface area contributed by atoms with Crippen molar-refractivity contribution in [1.82, 2.24) is 9.38 Å². The monoisotopic (exact) mass is 211 g/mol. The number of thiazole rings is 1. The Morgan fingerprint density at radius 2 is 2.43 bits per heavy atom. The normalized spacial score (nSPS) is 13.3. The van der Waals surface area contributed by atoms with Gasteiger partial charge in [0.2, 0.25) is 0 Å². The van der Waals surface area contributed by atoms with E-state index < -0.39 is 12.0 Å². The van der Waals surface area contributed by atoms with Crippen LogP contribution >= 0.6 is 11.3 Å². The van der Waals surface area contributed by atoms with Crippen molar-refractivity contribution in [1.29, 1.82) is 0 Å². The van der Waals surface area contributed by atoms with Gasteiger partial charge in [-0.25, -0.2) is 4.98 Å². The third-order valence-corrected chi connectivity index (χ3v) is 2.79. The molecule has 2 rings (SSSR count). The molecule has 2 aromatic heterocycles. The fraction of sp³-hybridized carbons (Fsp3) is 0.250. The van der Waals surface area contributed by atoms with Gasteiger partial charge in [0.05, 0.1) is 5.69 Å². The second-order valence-electron chi connectivity index (χ2n) is 3.01. The Morgan fingerprint density at radius 3 is 3.00 bits per heavy atom. The van der Waals surface area contributed by atoms with E-state index in [1.165, 1.54) is 11.3 Å². The molecule has 2 heterocycles. The number of carbonyl (C=O) groups is 1. The average Bonchev–Trinajstić information content (AvgIpc) is 2.59. The zero-order valence-electron chi connectivity index (χ0n) is 7.47. The zero-order valence-corrected chi connectivity index (χ0v) is 8.28. The average molecular weight is 211 g/mol. The smallest absolute Gasteiger partial charge is 0.326 e. The van der Waals surface area contributed by atoms with Gasteiger partial charge in [-0.3, -0.25) is 9.20 Å². The van der Waals surface area contributed by atoms with Gasteiger partial charge in [0.15, 0.2) is 4.96 Å². The van der Waals surface area contributed by atoms with Crippen molar-refractivity contribution in [3.8, 4) is 0 Å². The highest BCUT2D eigenvalue weighted by atomic mass is 32.1. The summed E-state index contributed by atoms with van der Waals surface area (Å²) in [6.07, 6.45) is 3.54. The molecule has 0 bridgehead atoms. The first kappa shape index (κ1) is 9.17. The number of aromatic nitrogens is 2. The first-order valence-corrected chi connectivity index (χ1v) is 4.83. The largest absolute Gasteiger partial charge is 0.480 e. The SMILES string of the molecule is Cc1cn2cc(C(N)C(=O)O)nc2s1. The molecular weight excluding hydrogens is 202 g/mol. The van der Waals surface area contributed by atoms with Gasteiger partial charge in [-0.15, -0.1) is 11.3 Å². The van der Waals surface area contributed by atoms with Crippen molar-refractivity contribution in [2.45, 2.75) is 13.0 Å². The standard InChI is InChI=1S/C8H9N3O2S/c1-4-2-11-3-5(6(9)7(12)13)10-8(11)14-4/h2-3,6H,9H2,1H3,(H,12,13). The van der Waals surface area contributed by atoms with E-state index in [0.29, 0.717) is 5.69 Å². The quantitative estimate of drug-likeness (QED) is 0.769. The van der Waals surface area contributed by atoms with Gasteiger partial charge >= 0.3 is 5.97 Å². The lowest BCUT2D eigenvalue weighted by atomic mass is 10.2. The van der Waals surface area contributed by atoms with Crippen LogP contribution in [0.3, 0.4) is 0 Å². The van der Waals surface area contributed by atoms with Gasteiger partial charge in [0, 0.05) is 17.3 Å². The molecule has 0 radical (unpaired) electrons. The molecule has 0 aliphatic rings. The van der Waals surface area contributed by atoms with Crippen molar-refractivity contribution in [2.75, 3.05) is 0 Å². The van der Waals surface area contributed by atoms with Crippen molar-refractivity contribution >= 4 is 22.3 Å². The second-order valence-corrected chi connectivity index (χ2v) is 4.23. The number of nitrogens with zero attached hydrogens (tertiary/aromatic N) is 2. The molecule has 1 unspecified atom stereocenters. The Balaban J connectivity index is 2.45. The maximum Gasteiger partial charge on any atom is 0.326 e. The number of carboxylic acids is 1. The van der Waals surface area contributed by atoms with Crippen LogP contribution in [-0.2, 0) is 4.79 Å². The molecule has 0 aliphatic carbocycles. The highest BCUT2D eigenvalue weighted by Gasteiger charge is 2.18. The molecular formula is C8H9N3O2S. The molecule has 2 aromatic rings. The molecule has 0 spiro atoms. The fourth-order valence-corrected chi connectivity index (χ4v) is 2.02. The Morgan fingerprint density at radius 1 is 1.71 bits per heavy atom. The van der Waals surface area contributed by atoms with Crippen molar-refractivity contribution in [3.63, 3.8) is 0 Å². The minimum atomic E-state index is -1.06. The fourth-order valence-electron chi connectivity index (χ4n) is 1.21. The van der Waals surface area contributed by atoms with Crippen molar-refractivity contribution in [2.24, 2.45) is 5.73 Å². The first-order chi connectivity index (χ1) is 6.58. The van der Waals surface area contributed by atoms with Gasteiger partial charge in [0.1, 0.15) is 6.04 Å². The molecule has 1 atom stereocenters. The van der Waals surface area contributed by atoms with E-state index >= 15 is 0 Å². The van der Waals surface area contributed by atoms with Gasteiger partial charge in [-0.2, -0.15) is 0 Å². The maximum absolute atomic E-state index is 10.6. The van der Waals surface area contributed by atoms with Crippen LogP contribution in [0, 0.1) is 6.92 Å². The molecule has 0 saturated heterocycles. The molecule has 0 aromatic carbocycles. The van der Waals surface area contributed by atoms with E-state index in [0.717, 1.165) is 9.84 Å². The minimum Gasteiger partial charge on any atom is -0.480 e. The summed E-state index contributed by atoms with van der Waals surface area (Å²) in [7, 11) is 0. The van der Waals surface area contributed by atoms with Crippen LogP contribution in [0.1, 0.15) is 16.6 Å². The van der Waals surface area contributed by atoms with Crippen LogP contribution in [-0.4, -0.2) is 20.5 Å². The van der Waals surface area contributed by atoms with E-state index in [4.69, 9.17) is 10.8 Å². The van der Waals surface area contributed by atoms with Crippen LogP contribution in [0.2, 0.25) is 0 Å². The van der Waals surface area contributed by atoms with E-state index in [-0.39, 0.29) is 0 Å². The Hall–Kier alpha value is -1.40. The van der Waals surface area contributed by atoms with Crippen LogP contribution in [0.5, 0.6) is 0 Å². The molecule has 74 valence electrons. The third-order valence-electron chi connectivity index (χ3n) is 1.87. The lowest BCUT2D eigenvalue weighted by Gasteiger charge is -1.99. The molecule has 0 fully saturated rings. The van der Waals surface area contributed by atoms with Gasteiger partial charge in [-0.05, 0) is 6.92 Å². The third kappa shape index (κ3) is 1.38. The molecule has 0 aliphatic heterocycles. The van der Waals surface area contributed by atoms with Gasteiger partial charge in [-0.1, -0.05) is 0 Å². The number of aryl methyl sites for hydroxylation is 1. The summed E-state index contributed by atoms with van der Waals surface area (Å²) in [5.41, 5.74) is 5.82. The topological polar surface area (TPSA) is 80.6 Å². The van der Waals surface area contributed by atoms with Crippen LogP contribution in [0.15, 0.2) is 12.4 Å². The number of fused-ring (bicyclic) bond motifs is 1. The number of rotatable bonds is 2. The van der Waals surface area contributed by atoms with Crippen molar-refractivity contribution in [3.05, 3.63) is 23.0 Å². The summed E-state index contributed by atoms with van der Waals surface area (Å²) < 4.78 is 1.79. The second kappa shape index (κ2) is 3.07. The molecule has 6 heteroatoms. The van der Waals surface area contributed by atoms with Crippen LogP contribution in [0.4, 0.5) is 0 Å². The lowest BCUT2D eigenvalue weighted by molar-refractivity contribution is -0.138.